The highest BCUT2D eigenvalue weighted by molar-refractivity contribution is 6.34. The minimum absolute atomic E-state index is 0.0862. The normalized spacial score (nSPS) is 18.6. The van der Waals surface area contributed by atoms with Crippen molar-refractivity contribution in [3.05, 3.63) is 88.2 Å². The van der Waals surface area contributed by atoms with Gasteiger partial charge in [0, 0.05) is 39.4 Å². The molecule has 3 aromatic carbocycles. The second-order valence-electron chi connectivity index (χ2n) is 7.48. The molecule has 0 saturated heterocycles. The number of oxime groups is 1. The van der Waals surface area contributed by atoms with Gasteiger partial charge in [0.1, 0.15) is 0 Å². The monoisotopic (exact) mass is 475 g/mol. The number of aromatic amines is 1. The predicted octanol–water partition coefficient (Wildman–Crippen LogP) is 7.12. The van der Waals surface area contributed by atoms with Crippen LogP contribution in [-0.2, 0) is 10.4 Å². The molecule has 0 bridgehead atoms. The van der Waals surface area contributed by atoms with Gasteiger partial charge in [-0.25, -0.2) is 0 Å². The third-order valence-corrected chi connectivity index (χ3v) is 6.00. The van der Waals surface area contributed by atoms with E-state index in [1.165, 1.54) is 18.2 Å². The molecular weight excluding hydrogens is 462 g/mol. The zero-order chi connectivity index (χ0) is 22.5. The molecular formula is C23H14Cl2F3N3O. The van der Waals surface area contributed by atoms with Crippen LogP contribution >= 0.6 is 23.2 Å². The lowest BCUT2D eigenvalue weighted by Gasteiger charge is -2.29. The SMILES string of the molecule is FC(F)(F)C1(c2cc(Cl)cc(Cl)c2)CC(c2ccc(-c3cn[nH]c3)c3ccccc23)=NO1. The van der Waals surface area contributed by atoms with Crippen molar-refractivity contribution in [2.45, 2.75) is 18.2 Å². The minimum atomic E-state index is -4.75. The first-order valence-electron chi connectivity index (χ1n) is 9.58. The molecule has 32 heavy (non-hydrogen) atoms. The number of alkyl halides is 3. The van der Waals surface area contributed by atoms with Crippen LogP contribution in [0.1, 0.15) is 17.5 Å². The number of hydrogen-bond acceptors (Lipinski definition) is 3. The number of H-pyrrole nitrogens is 1. The van der Waals surface area contributed by atoms with Crippen molar-refractivity contribution >= 4 is 39.7 Å². The smallest absolute Gasteiger partial charge is 0.374 e. The fourth-order valence-corrected chi connectivity index (χ4v) is 4.56. The predicted molar refractivity (Wildman–Crippen MR) is 118 cm³/mol. The fourth-order valence-electron chi connectivity index (χ4n) is 4.04. The number of rotatable bonds is 3. The second kappa shape index (κ2) is 7.53. The van der Waals surface area contributed by atoms with Gasteiger partial charge in [-0.15, -0.1) is 0 Å². The van der Waals surface area contributed by atoms with Gasteiger partial charge in [-0.1, -0.05) is 64.8 Å². The fraction of sp³-hybridized carbons (Fsp3) is 0.130. The molecule has 1 aliphatic heterocycles. The van der Waals surface area contributed by atoms with Crippen molar-refractivity contribution in [2.75, 3.05) is 0 Å². The molecule has 0 amide bonds. The van der Waals surface area contributed by atoms with Crippen molar-refractivity contribution in [1.82, 2.24) is 10.2 Å². The van der Waals surface area contributed by atoms with Crippen LogP contribution < -0.4 is 0 Å². The van der Waals surface area contributed by atoms with E-state index < -0.39 is 18.2 Å². The zero-order valence-corrected chi connectivity index (χ0v) is 17.8. The molecule has 4 aromatic rings. The van der Waals surface area contributed by atoms with E-state index in [0.717, 1.165) is 21.9 Å². The van der Waals surface area contributed by atoms with Crippen LogP contribution in [0.25, 0.3) is 21.9 Å². The van der Waals surface area contributed by atoms with Crippen molar-refractivity contribution in [3.8, 4) is 11.1 Å². The van der Waals surface area contributed by atoms with Gasteiger partial charge in [-0.3, -0.25) is 5.10 Å². The number of hydrogen-bond donors (Lipinski definition) is 1. The second-order valence-corrected chi connectivity index (χ2v) is 8.36. The van der Waals surface area contributed by atoms with Gasteiger partial charge < -0.3 is 4.84 Å². The number of fused-ring (bicyclic) bond motifs is 1. The first-order chi connectivity index (χ1) is 15.3. The summed E-state index contributed by atoms with van der Waals surface area (Å²) in [7, 11) is 0. The van der Waals surface area contributed by atoms with Gasteiger partial charge in [0.25, 0.3) is 5.60 Å². The van der Waals surface area contributed by atoms with Gasteiger partial charge in [-0.05, 0) is 34.5 Å². The molecule has 162 valence electrons. The van der Waals surface area contributed by atoms with Crippen molar-refractivity contribution in [2.24, 2.45) is 5.16 Å². The number of halogens is 5. The molecule has 0 radical (unpaired) electrons. The Bertz CT molecular complexity index is 1330. The van der Waals surface area contributed by atoms with Crippen molar-refractivity contribution in [1.29, 1.82) is 0 Å². The Hall–Kier alpha value is -3.03. The van der Waals surface area contributed by atoms with E-state index in [0.29, 0.717) is 5.56 Å². The Morgan fingerprint density at radius 2 is 1.59 bits per heavy atom. The highest BCUT2D eigenvalue weighted by Gasteiger charge is 2.62. The summed E-state index contributed by atoms with van der Waals surface area (Å²) in [6, 6.07) is 14.8. The van der Waals surface area contributed by atoms with Crippen LogP contribution in [0, 0.1) is 0 Å². The highest BCUT2D eigenvalue weighted by Crippen LogP contribution is 2.50. The van der Waals surface area contributed by atoms with E-state index in [2.05, 4.69) is 15.4 Å². The maximum atomic E-state index is 14.3. The number of nitrogens with one attached hydrogen (secondary N) is 1. The number of benzene rings is 3. The van der Waals surface area contributed by atoms with Crippen LogP contribution in [0.5, 0.6) is 0 Å². The summed E-state index contributed by atoms with van der Waals surface area (Å²) in [5.41, 5.74) is -0.348. The number of nitrogens with zero attached hydrogens (tertiary/aromatic N) is 2. The number of aromatic nitrogens is 2. The minimum Gasteiger partial charge on any atom is -0.374 e. The Morgan fingerprint density at radius 3 is 2.22 bits per heavy atom. The van der Waals surface area contributed by atoms with Crippen LogP contribution in [0.3, 0.4) is 0 Å². The molecule has 1 aliphatic rings. The van der Waals surface area contributed by atoms with Gasteiger partial charge in [0.15, 0.2) is 0 Å². The van der Waals surface area contributed by atoms with Crippen LogP contribution in [-0.4, -0.2) is 22.1 Å². The van der Waals surface area contributed by atoms with Crippen LogP contribution in [0.2, 0.25) is 10.0 Å². The molecule has 2 heterocycles. The largest absolute Gasteiger partial charge is 0.435 e. The molecule has 1 N–H and O–H groups in total. The lowest BCUT2D eigenvalue weighted by atomic mass is 9.85. The van der Waals surface area contributed by atoms with E-state index in [1.807, 2.05) is 30.3 Å². The maximum absolute atomic E-state index is 14.3. The van der Waals surface area contributed by atoms with Crippen LogP contribution in [0.15, 0.2) is 72.1 Å². The maximum Gasteiger partial charge on any atom is 0.435 e. The topological polar surface area (TPSA) is 50.3 Å². The van der Waals surface area contributed by atoms with Gasteiger partial charge in [0.2, 0.25) is 0 Å². The summed E-state index contributed by atoms with van der Waals surface area (Å²) in [4.78, 5) is 5.15. The molecule has 0 fully saturated rings. The summed E-state index contributed by atoms with van der Waals surface area (Å²) in [5.74, 6) is 0. The Morgan fingerprint density at radius 1 is 0.938 bits per heavy atom. The van der Waals surface area contributed by atoms with E-state index in [-0.39, 0.29) is 21.3 Å². The summed E-state index contributed by atoms with van der Waals surface area (Å²) in [5, 5.41) is 12.5. The Balaban J connectivity index is 1.62. The zero-order valence-electron chi connectivity index (χ0n) is 16.3. The first kappa shape index (κ1) is 20.8. The third-order valence-electron chi connectivity index (χ3n) is 5.56. The van der Waals surface area contributed by atoms with Gasteiger partial charge >= 0.3 is 6.18 Å². The Kier molecular flexibility index (Phi) is 4.91. The molecule has 4 nitrogen and oxygen atoms in total. The Labute approximate surface area is 190 Å². The molecule has 0 saturated carbocycles. The van der Waals surface area contributed by atoms with E-state index in [9.17, 15) is 13.2 Å². The van der Waals surface area contributed by atoms with E-state index >= 15 is 0 Å². The molecule has 1 aromatic heterocycles. The quantitative estimate of drug-likeness (QED) is 0.342. The molecule has 5 rings (SSSR count). The lowest BCUT2D eigenvalue weighted by molar-refractivity contribution is -0.275. The highest BCUT2D eigenvalue weighted by atomic mass is 35.5. The van der Waals surface area contributed by atoms with E-state index in [1.54, 1.807) is 18.5 Å². The lowest BCUT2D eigenvalue weighted by Crippen LogP contribution is -2.42. The van der Waals surface area contributed by atoms with Gasteiger partial charge in [-0.2, -0.15) is 18.3 Å². The summed E-state index contributed by atoms with van der Waals surface area (Å²) >= 11 is 12.0. The standard InChI is InChI=1S/C23H14Cl2F3N3O/c24-15-7-14(8-16(25)9-15)22(23(26,27)28)10-21(31-32-22)20-6-5-17(13-11-29-30-12-13)18-3-1-2-4-19(18)20/h1-9,11-12H,10H2,(H,29,30). The van der Waals surface area contributed by atoms with Crippen molar-refractivity contribution in [3.63, 3.8) is 0 Å². The first-order valence-corrected chi connectivity index (χ1v) is 10.3. The molecule has 0 aliphatic carbocycles. The molecule has 1 unspecified atom stereocenters. The molecule has 0 spiro atoms. The summed E-state index contributed by atoms with van der Waals surface area (Å²) in [6.07, 6.45) is -1.81. The van der Waals surface area contributed by atoms with Crippen LogP contribution in [0.4, 0.5) is 13.2 Å². The average Bonchev–Trinajstić information content (AvgIpc) is 3.43. The average molecular weight is 476 g/mol. The third kappa shape index (κ3) is 3.32. The summed E-state index contributed by atoms with van der Waals surface area (Å²) in [6.45, 7) is 0. The summed E-state index contributed by atoms with van der Waals surface area (Å²) < 4.78 is 43.0. The molecule has 1 atom stereocenters. The van der Waals surface area contributed by atoms with Gasteiger partial charge in [0.05, 0.1) is 11.9 Å². The van der Waals surface area contributed by atoms with Crippen molar-refractivity contribution < 1.29 is 18.0 Å². The molecule has 9 heteroatoms. The van der Waals surface area contributed by atoms with E-state index in [4.69, 9.17) is 28.0 Å².